The minimum absolute atomic E-state index is 0.242. The SMILES string of the molecule is OC(F)(F)Cc1ccccc1Cl. The third-order valence-corrected chi connectivity index (χ3v) is 1.73. The van der Waals surface area contributed by atoms with Gasteiger partial charge >= 0.3 is 6.11 Å². The van der Waals surface area contributed by atoms with Crippen LogP contribution in [-0.2, 0) is 6.42 Å². The molecule has 1 aromatic rings. The molecule has 0 radical (unpaired) electrons. The maximum Gasteiger partial charge on any atom is 0.357 e. The fraction of sp³-hybridized carbons (Fsp3) is 0.250. The number of halogens is 3. The van der Waals surface area contributed by atoms with Gasteiger partial charge in [0.1, 0.15) is 0 Å². The van der Waals surface area contributed by atoms with Crippen molar-refractivity contribution >= 4 is 11.6 Å². The van der Waals surface area contributed by atoms with Crippen LogP contribution in [0.3, 0.4) is 0 Å². The van der Waals surface area contributed by atoms with Gasteiger partial charge in [-0.3, -0.25) is 0 Å². The highest BCUT2D eigenvalue weighted by Gasteiger charge is 2.25. The van der Waals surface area contributed by atoms with Crippen LogP contribution >= 0.6 is 11.6 Å². The Bertz CT molecular complexity index is 270. The summed E-state index contributed by atoms with van der Waals surface area (Å²) < 4.78 is 24.2. The van der Waals surface area contributed by atoms with Gasteiger partial charge in [0.25, 0.3) is 0 Å². The van der Waals surface area contributed by atoms with E-state index in [0.717, 1.165) is 0 Å². The smallest absolute Gasteiger partial charge is 0.336 e. The Morgan fingerprint density at radius 2 is 1.92 bits per heavy atom. The van der Waals surface area contributed by atoms with Crippen LogP contribution in [0, 0.1) is 0 Å². The van der Waals surface area contributed by atoms with E-state index in [4.69, 9.17) is 16.7 Å². The molecule has 0 aliphatic rings. The van der Waals surface area contributed by atoms with Gasteiger partial charge in [0, 0.05) is 5.02 Å². The Hall–Kier alpha value is -0.670. The summed E-state index contributed by atoms with van der Waals surface area (Å²) in [6.45, 7) is 0. The van der Waals surface area contributed by atoms with Crippen molar-refractivity contribution < 1.29 is 13.9 Å². The van der Waals surface area contributed by atoms with Gasteiger partial charge in [0.2, 0.25) is 0 Å². The first-order valence-electron chi connectivity index (χ1n) is 3.33. The Kier molecular flexibility index (Phi) is 2.65. The summed E-state index contributed by atoms with van der Waals surface area (Å²) in [5.41, 5.74) is 0.242. The van der Waals surface area contributed by atoms with Crippen LogP contribution < -0.4 is 0 Å². The fourth-order valence-corrected chi connectivity index (χ4v) is 1.07. The first kappa shape index (κ1) is 9.42. The number of alkyl halides is 2. The van der Waals surface area contributed by atoms with Gasteiger partial charge < -0.3 is 5.11 Å². The van der Waals surface area contributed by atoms with E-state index < -0.39 is 12.5 Å². The van der Waals surface area contributed by atoms with E-state index in [1.807, 2.05) is 0 Å². The maximum absolute atomic E-state index is 12.1. The molecule has 0 unspecified atom stereocenters. The number of rotatable bonds is 2. The first-order valence-corrected chi connectivity index (χ1v) is 3.70. The van der Waals surface area contributed by atoms with Gasteiger partial charge in [0.15, 0.2) is 0 Å². The second kappa shape index (κ2) is 3.37. The standard InChI is InChI=1S/C8H7ClF2O/c9-7-4-2-1-3-6(7)5-8(10,11)12/h1-4,12H,5H2. The molecule has 0 fully saturated rings. The minimum Gasteiger partial charge on any atom is -0.336 e. The maximum atomic E-state index is 12.1. The van der Waals surface area contributed by atoms with Gasteiger partial charge in [-0.2, -0.15) is 8.78 Å². The number of benzene rings is 1. The van der Waals surface area contributed by atoms with Crippen molar-refractivity contribution in [1.29, 1.82) is 0 Å². The molecule has 0 heterocycles. The van der Waals surface area contributed by atoms with Crippen LogP contribution in [0.4, 0.5) is 8.78 Å². The Morgan fingerprint density at radius 3 is 2.42 bits per heavy atom. The molecule has 0 aliphatic carbocycles. The molecule has 0 saturated carbocycles. The molecular formula is C8H7ClF2O. The van der Waals surface area contributed by atoms with Crippen molar-refractivity contribution in [3.63, 3.8) is 0 Å². The lowest BCUT2D eigenvalue weighted by molar-refractivity contribution is -0.196. The van der Waals surface area contributed by atoms with Gasteiger partial charge in [-0.15, -0.1) is 0 Å². The summed E-state index contributed by atoms with van der Waals surface area (Å²) in [6.07, 6.45) is -4.43. The first-order chi connectivity index (χ1) is 5.49. The average Bonchev–Trinajstić information content (AvgIpc) is 1.91. The fourth-order valence-electron chi connectivity index (χ4n) is 0.871. The van der Waals surface area contributed by atoms with Gasteiger partial charge in [0.05, 0.1) is 6.42 Å². The lowest BCUT2D eigenvalue weighted by Gasteiger charge is -2.09. The molecule has 66 valence electrons. The number of hydrogen-bond donors (Lipinski definition) is 1. The van der Waals surface area contributed by atoms with Crippen molar-refractivity contribution in [2.45, 2.75) is 12.5 Å². The monoisotopic (exact) mass is 192 g/mol. The molecule has 1 nitrogen and oxygen atoms in total. The molecule has 12 heavy (non-hydrogen) atoms. The van der Waals surface area contributed by atoms with E-state index >= 15 is 0 Å². The molecule has 0 bridgehead atoms. The summed E-state index contributed by atoms with van der Waals surface area (Å²) in [7, 11) is 0. The molecule has 0 aliphatic heterocycles. The van der Waals surface area contributed by atoms with E-state index in [1.165, 1.54) is 12.1 Å². The lowest BCUT2D eigenvalue weighted by atomic mass is 10.1. The molecular weight excluding hydrogens is 186 g/mol. The highest BCUT2D eigenvalue weighted by atomic mass is 35.5. The Balaban J connectivity index is 2.83. The predicted molar refractivity (Wildman–Crippen MR) is 42.3 cm³/mol. The van der Waals surface area contributed by atoms with Gasteiger partial charge in [-0.25, -0.2) is 0 Å². The number of aliphatic hydroxyl groups is 1. The van der Waals surface area contributed by atoms with Crippen LogP contribution in [0.2, 0.25) is 5.02 Å². The third-order valence-electron chi connectivity index (χ3n) is 1.36. The molecule has 0 spiro atoms. The van der Waals surface area contributed by atoms with Crippen LogP contribution in [0.15, 0.2) is 24.3 Å². The quantitative estimate of drug-likeness (QED) is 0.763. The van der Waals surface area contributed by atoms with Gasteiger partial charge in [-0.1, -0.05) is 29.8 Å². The van der Waals surface area contributed by atoms with Crippen LogP contribution in [0.25, 0.3) is 0 Å². The summed E-state index contributed by atoms with van der Waals surface area (Å²) in [6, 6.07) is 6.18. The Morgan fingerprint density at radius 1 is 1.33 bits per heavy atom. The molecule has 0 atom stereocenters. The molecule has 4 heteroatoms. The van der Waals surface area contributed by atoms with Gasteiger partial charge in [-0.05, 0) is 11.6 Å². The van der Waals surface area contributed by atoms with Crippen LogP contribution in [0.5, 0.6) is 0 Å². The zero-order valence-corrected chi connectivity index (χ0v) is 6.85. The second-order valence-electron chi connectivity index (χ2n) is 2.43. The third kappa shape index (κ3) is 2.75. The summed E-state index contributed by atoms with van der Waals surface area (Å²) in [5.74, 6) is 0. The average molecular weight is 193 g/mol. The lowest BCUT2D eigenvalue weighted by Crippen LogP contribution is -2.17. The summed E-state index contributed by atoms with van der Waals surface area (Å²) in [4.78, 5) is 0. The van der Waals surface area contributed by atoms with Crippen molar-refractivity contribution in [3.8, 4) is 0 Å². The molecule has 1 aromatic carbocycles. The molecule has 1 rings (SSSR count). The van der Waals surface area contributed by atoms with E-state index in [-0.39, 0.29) is 10.6 Å². The molecule has 0 aromatic heterocycles. The van der Waals surface area contributed by atoms with E-state index in [0.29, 0.717) is 0 Å². The largest absolute Gasteiger partial charge is 0.357 e. The highest BCUT2D eigenvalue weighted by molar-refractivity contribution is 6.31. The predicted octanol–water partition coefficient (Wildman–Crippen LogP) is 2.47. The molecule has 0 saturated heterocycles. The zero-order chi connectivity index (χ0) is 9.19. The van der Waals surface area contributed by atoms with Crippen molar-refractivity contribution in [2.24, 2.45) is 0 Å². The van der Waals surface area contributed by atoms with E-state index in [2.05, 4.69) is 0 Å². The summed E-state index contributed by atoms with van der Waals surface area (Å²) in [5, 5.41) is 8.45. The topological polar surface area (TPSA) is 20.2 Å². The van der Waals surface area contributed by atoms with Crippen molar-refractivity contribution in [3.05, 3.63) is 34.9 Å². The van der Waals surface area contributed by atoms with E-state index in [9.17, 15) is 8.78 Å². The van der Waals surface area contributed by atoms with Crippen LogP contribution in [-0.4, -0.2) is 11.2 Å². The highest BCUT2D eigenvalue weighted by Crippen LogP contribution is 2.22. The second-order valence-corrected chi connectivity index (χ2v) is 2.84. The van der Waals surface area contributed by atoms with Crippen molar-refractivity contribution in [1.82, 2.24) is 0 Å². The number of hydrogen-bond acceptors (Lipinski definition) is 1. The summed E-state index contributed by atoms with van der Waals surface area (Å²) >= 11 is 5.59. The zero-order valence-electron chi connectivity index (χ0n) is 6.10. The Labute approximate surface area is 73.6 Å². The minimum atomic E-state index is -3.69. The normalized spacial score (nSPS) is 11.7. The van der Waals surface area contributed by atoms with E-state index in [1.54, 1.807) is 12.1 Å². The molecule has 0 amide bonds. The van der Waals surface area contributed by atoms with Crippen LogP contribution in [0.1, 0.15) is 5.56 Å². The van der Waals surface area contributed by atoms with Crippen molar-refractivity contribution in [2.75, 3.05) is 0 Å². The molecule has 1 N–H and O–H groups in total.